The fraction of sp³-hybridized carbons (Fsp3) is 0.884. The Bertz CT molecular complexity index is 1670. The second-order valence-corrected chi connectivity index (χ2v) is 19.7. The van der Waals surface area contributed by atoms with E-state index in [0.717, 1.165) is 49.5 Å². The topological polar surface area (TPSA) is 256 Å². The average molecular weight is 980 g/mol. The largest absolute Gasteiger partial charge is 1.00 e. The van der Waals surface area contributed by atoms with Crippen molar-refractivity contribution in [2.45, 2.75) is 219 Å². The van der Waals surface area contributed by atoms with E-state index in [-0.39, 0.29) is 84.1 Å². The normalized spacial score (nSPS) is 18.1. The van der Waals surface area contributed by atoms with Crippen LogP contribution in [0, 0.1) is 6.92 Å². The molecule has 4 unspecified atom stereocenters. The van der Waals surface area contributed by atoms with Gasteiger partial charge in [0.15, 0.2) is 0 Å². The van der Waals surface area contributed by atoms with E-state index < -0.39 is 70.6 Å². The van der Waals surface area contributed by atoms with Crippen molar-refractivity contribution >= 4 is 21.6 Å². The van der Waals surface area contributed by atoms with Gasteiger partial charge in [0.2, 0.25) is 0 Å². The number of unbranched alkanes of at least 4 members (excludes halogenated alkanes) is 23. The van der Waals surface area contributed by atoms with Gasteiger partial charge in [-0.2, -0.15) is 0 Å². The van der Waals surface area contributed by atoms with Gasteiger partial charge < -0.3 is 33.0 Å². The Balaban J connectivity index is 0.0000205. The van der Waals surface area contributed by atoms with Gasteiger partial charge in [-0.1, -0.05) is 167 Å². The van der Waals surface area contributed by atoms with E-state index in [1.54, 1.807) is 0 Å². The van der Waals surface area contributed by atoms with Crippen LogP contribution in [0.15, 0.2) is 20.9 Å². The molecule has 0 aliphatic carbocycles. The number of hydrogen-bond donors (Lipinski definition) is 1. The number of aromatic nitrogens is 2. The Hall–Kier alpha value is -0.360. The molecular formula is C43H77N5Na2O13P2. The van der Waals surface area contributed by atoms with E-state index >= 15 is 0 Å². The van der Waals surface area contributed by atoms with Gasteiger partial charge in [-0.25, -0.2) is 9.11 Å². The summed E-state index contributed by atoms with van der Waals surface area (Å²) < 4.78 is 57.4. The Morgan fingerprint density at radius 2 is 1.28 bits per heavy atom. The number of carbonyl (C=O) groups excluding carboxylic acids is 1. The van der Waals surface area contributed by atoms with E-state index in [9.17, 15) is 33.3 Å². The molecule has 0 aromatic carbocycles. The second kappa shape index (κ2) is 39.4. The van der Waals surface area contributed by atoms with E-state index in [0.29, 0.717) is 13.0 Å². The summed E-state index contributed by atoms with van der Waals surface area (Å²) in [4.78, 5) is 67.2. The van der Waals surface area contributed by atoms with Crippen LogP contribution in [0.25, 0.3) is 10.4 Å². The van der Waals surface area contributed by atoms with Crippen molar-refractivity contribution in [3.05, 3.63) is 43.0 Å². The number of nitrogens with zero attached hydrogens (tertiary/aromatic N) is 4. The van der Waals surface area contributed by atoms with Crippen LogP contribution in [0.3, 0.4) is 0 Å². The quantitative estimate of drug-likeness (QED) is 0.0186. The molecule has 18 nitrogen and oxygen atoms in total. The average Bonchev–Trinajstić information content (AvgIpc) is 3.64. The van der Waals surface area contributed by atoms with Gasteiger partial charge in [0.1, 0.15) is 12.3 Å². The summed E-state index contributed by atoms with van der Waals surface area (Å²) in [5.74, 6) is -0.552. The summed E-state index contributed by atoms with van der Waals surface area (Å²) in [6.07, 6.45) is 26.9. The number of aromatic amines is 1. The summed E-state index contributed by atoms with van der Waals surface area (Å²) in [7, 11) is -11.2. The van der Waals surface area contributed by atoms with Gasteiger partial charge in [-0.3, -0.25) is 28.3 Å². The van der Waals surface area contributed by atoms with E-state index in [2.05, 4.69) is 33.2 Å². The molecule has 6 atom stereocenters. The van der Waals surface area contributed by atoms with Gasteiger partial charge in [-0.15, -0.1) is 0 Å². The van der Waals surface area contributed by atoms with Gasteiger partial charge in [0.05, 0.1) is 32.0 Å². The first-order chi connectivity index (χ1) is 30.3. The molecule has 0 spiro atoms. The van der Waals surface area contributed by atoms with E-state index in [1.807, 2.05) is 0 Å². The number of nitrogens with one attached hydrogen (secondary N) is 1. The Morgan fingerprint density at radius 3 is 1.78 bits per heavy atom. The number of aryl methyl sites for hydroxylation is 1. The maximum absolute atomic E-state index is 12.8. The van der Waals surface area contributed by atoms with Crippen molar-refractivity contribution in [2.75, 3.05) is 26.4 Å². The number of azide groups is 1. The van der Waals surface area contributed by atoms with Crippen molar-refractivity contribution in [1.82, 2.24) is 9.55 Å². The molecular weight excluding hydrogens is 902 g/mol. The number of ether oxygens (including phenoxy) is 3. The number of rotatable bonds is 40. The van der Waals surface area contributed by atoms with Gasteiger partial charge in [-0.05, 0) is 25.3 Å². The summed E-state index contributed by atoms with van der Waals surface area (Å²) >= 11 is 0. The fourth-order valence-corrected chi connectivity index (χ4v) is 9.48. The molecule has 2 rings (SSSR count). The molecule has 0 bridgehead atoms. The maximum atomic E-state index is 12.8. The van der Waals surface area contributed by atoms with Gasteiger partial charge >= 0.3 is 70.8 Å². The number of carbonyl (C=O) groups is 1. The zero-order valence-electron chi connectivity index (χ0n) is 40.3. The van der Waals surface area contributed by atoms with Crippen LogP contribution in [-0.4, -0.2) is 60.2 Å². The molecule has 0 saturated carbocycles. The predicted molar refractivity (Wildman–Crippen MR) is 238 cm³/mol. The Morgan fingerprint density at radius 1 is 0.800 bits per heavy atom. The third kappa shape index (κ3) is 31.5. The van der Waals surface area contributed by atoms with Crippen molar-refractivity contribution in [3.63, 3.8) is 0 Å². The minimum absolute atomic E-state index is 0. The van der Waals surface area contributed by atoms with Gasteiger partial charge in [0, 0.05) is 36.1 Å². The number of H-pyrrole nitrogens is 1. The smallest absolute Gasteiger partial charge is 0.756 e. The predicted octanol–water partition coefficient (Wildman–Crippen LogP) is 3.92. The fourth-order valence-electron chi connectivity index (χ4n) is 7.44. The first-order valence-corrected chi connectivity index (χ1v) is 26.6. The zero-order chi connectivity index (χ0) is 46.2. The molecule has 1 fully saturated rings. The van der Waals surface area contributed by atoms with Crippen molar-refractivity contribution in [1.29, 1.82) is 0 Å². The van der Waals surface area contributed by atoms with Crippen LogP contribution in [0.4, 0.5) is 0 Å². The summed E-state index contributed by atoms with van der Waals surface area (Å²) in [5, 5.41) is 3.58. The van der Waals surface area contributed by atoms with Gasteiger partial charge in [0.25, 0.3) is 21.2 Å². The third-order valence-electron chi connectivity index (χ3n) is 11.1. The number of phosphoric acid groups is 2. The van der Waals surface area contributed by atoms with Crippen LogP contribution in [-0.2, 0) is 41.5 Å². The van der Waals surface area contributed by atoms with Crippen LogP contribution in [0.2, 0.25) is 0 Å². The monoisotopic (exact) mass is 979 g/mol. The minimum Gasteiger partial charge on any atom is -0.756 e. The molecule has 1 N–H and O–H groups in total. The SMILES string of the molecule is CCCCCCCCCCCCCCCC(=O)OC(COCCCCCCCCCCCCCC)COP(=O)([O-])OP(=O)([O-])OC[C@H]1O[C@@H](n2cc(C)c(=O)[nH]c2=O)CC1N=[N+]=[N-].[Na+].[Na+]. The van der Waals surface area contributed by atoms with Crippen molar-refractivity contribution in [3.8, 4) is 0 Å². The standard InChI is InChI=1S/C43H79N5O13P2.2Na/c1-4-6-8-10-12-14-16-18-19-21-23-25-27-29-41(49)59-37(33-56-30-28-26-24-22-20-17-15-13-11-9-7-5-2)34-57-62(52,53)61-63(54,55)58-35-39-38(46-47-44)31-40(60-39)48-32-36(3)42(50)45-43(48)51;;/h32,37-40H,4-31,33-35H2,1-3H3,(H,52,53)(H,54,55)(H,45,50,51);;/q;2*+1/p-2/t37?,38?,39-,40-;;/m1../s1. The Labute approximate surface area is 431 Å². The summed E-state index contributed by atoms with van der Waals surface area (Å²) in [6.45, 7) is 4.49. The molecule has 1 aromatic rings. The molecule has 0 amide bonds. The molecule has 1 aliphatic heterocycles. The first-order valence-electron chi connectivity index (χ1n) is 23.7. The maximum Gasteiger partial charge on any atom is 1.00 e. The number of esters is 1. The van der Waals surface area contributed by atoms with Crippen LogP contribution < -0.4 is 80.2 Å². The van der Waals surface area contributed by atoms with Crippen LogP contribution >= 0.6 is 15.6 Å². The number of phosphoric ester groups is 2. The zero-order valence-corrected chi connectivity index (χ0v) is 46.1. The summed E-state index contributed by atoms with van der Waals surface area (Å²) in [5.41, 5.74) is 7.81. The minimum atomic E-state index is -5.63. The molecule has 0 radical (unpaired) electrons. The van der Waals surface area contributed by atoms with Crippen molar-refractivity contribution < 1.29 is 110 Å². The summed E-state index contributed by atoms with van der Waals surface area (Å²) in [6, 6.07) is -1.03. The van der Waals surface area contributed by atoms with Crippen LogP contribution in [0.5, 0.6) is 0 Å². The third-order valence-corrected chi connectivity index (χ3v) is 13.6. The first kappa shape index (κ1) is 64.6. The molecule has 2 heterocycles. The van der Waals surface area contributed by atoms with Crippen molar-refractivity contribution in [2.24, 2.45) is 5.11 Å². The molecule has 1 aromatic heterocycles. The molecule has 364 valence electrons. The van der Waals surface area contributed by atoms with Crippen LogP contribution in [0.1, 0.15) is 199 Å². The molecule has 22 heteroatoms. The van der Waals surface area contributed by atoms with E-state index in [1.165, 1.54) is 122 Å². The number of hydrogen-bond acceptors (Lipinski definition) is 14. The van der Waals surface area contributed by atoms with E-state index in [4.69, 9.17) is 28.8 Å². The molecule has 65 heavy (non-hydrogen) atoms. The molecule has 1 aliphatic rings. The molecule has 1 saturated heterocycles. The second-order valence-electron chi connectivity index (χ2n) is 16.8. The Kier molecular flexibility index (Phi) is 39.2.